The van der Waals surface area contributed by atoms with E-state index in [0.29, 0.717) is 12.1 Å². The van der Waals surface area contributed by atoms with Crippen molar-refractivity contribution in [2.45, 2.75) is 25.2 Å². The van der Waals surface area contributed by atoms with E-state index in [9.17, 15) is 31.1 Å². The number of aromatic nitrogens is 1. The van der Waals surface area contributed by atoms with Crippen LogP contribution in [0.1, 0.15) is 23.4 Å². The number of hydrogen-bond donors (Lipinski definition) is 1. The van der Waals surface area contributed by atoms with Gasteiger partial charge in [0.1, 0.15) is 12.0 Å². The summed E-state index contributed by atoms with van der Waals surface area (Å²) >= 11 is 0. The SMILES string of the molecule is O=C(O)CCc1nc(-c2cc(C(F)(F)F)cc(C(F)(F)F)c2)co1. The molecule has 0 atom stereocenters. The second-order valence-electron chi connectivity index (χ2n) is 4.81. The smallest absolute Gasteiger partial charge is 0.416 e. The third-order valence-electron chi connectivity index (χ3n) is 2.99. The summed E-state index contributed by atoms with van der Waals surface area (Å²) in [5, 5.41) is 8.53. The van der Waals surface area contributed by atoms with Crippen LogP contribution in [0.4, 0.5) is 26.3 Å². The highest BCUT2D eigenvalue weighted by Crippen LogP contribution is 2.38. The maximum absolute atomic E-state index is 12.8. The highest BCUT2D eigenvalue weighted by molar-refractivity contribution is 5.67. The molecule has 0 fully saturated rings. The van der Waals surface area contributed by atoms with Gasteiger partial charge in [-0.2, -0.15) is 26.3 Å². The van der Waals surface area contributed by atoms with Gasteiger partial charge < -0.3 is 9.52 Å². The Morgan fingerprint density at radius 1 is 1.04 bits per heavy atom. The van der Waals surface area contributed by atoms with Crippen molar-refractivity contribution in [3.63, 3.8) is 0 Å². The first kappa shape index (κ1) is 17.8. The van der Waals surface area contributed by atoms with Crippen LogP contribution in [0.2, 0.25) is 0 Å². The maximum atomic E-state index is 12.8. The zero-order valence-electron chi connectivity index (χ0n) is 11.7. The van der Waals surface area contributed by atoms with Crippen molar-refractivity contribution >= 4 is 5.97 Å². The average molecular weight is 353 g/mol. The fourth-order valence-electron chi connectivity index (χ4n) is 1.87. The van der Waals surface area contributed by atoms with E-state index >= 15 is 0 Å². The highest BCUT2D eigenvalue weighted by Gasteiger charge is 2.37. The fraction of sp³-hybridized carbons (Fsp3) is 0.286. The van der Waals surface area contributed by atoms with Crippen LogP contribution in [-0.4, -0.2) is 16.1 Å². The number of carbonyl (C=O) groups is 1. The lowest BCUT2D eigenvalue weighted by atomic mass is 10.0. The second-order valence-corrected chi connectivity index (χ2v) is 4.81. The molecule has 0 radical (unpaired) electrons. The summed E-state index contributed by atoms with van der Waals surface area (Å²) < 4.78 is 81.6. The number of rotatable bonds is 4. The molecule has 0 saturated carbocycles. The molecule has 0 spiro atoms. The summed E-state index contributed by atoms with van der Waals surface area (Å²) in [6.07, 6.45) is -9.53. The average Bonchev–Trinajstić information content (AvgIpc) is 2.91. The Balaban J connectivity index is 2.44. The molecule has 0 saturated heterocycles. The Bertz CT molecular complexity index is 715. The molecule has 1 heterocycles. The van der Waals surface area contributed by atoms with Gasteiger partial charge in [-0.3, -0.25) is 4.79 Å². The van der Waals surface area contributed by atoms with E-state index in [0.717, 1.165) is 6.26 Å². The number of carboxylic acid groups (broad SMARTS) is 1. The Hall–Kier alpha value is -2.52. The molecule has 0 bridgehead atoms. The summed E-state index contributed by atoms with van der Waals surface area (Å²) in [6.45, 7) is 0. The molecule has 1 N–H and O–H groups in total. The first-order valence-corrected chi connectivity index (χ1v) is 6.43. The summed E-state index contributed by atoms with van der Waals surface area (Å²) in [5.41, 5.74) is -3.61. The van der Waals surface area contributed by atoms with Crippen LogP contribution in [-0.2, 0) is 23.6 Å². The van der Waals surface area contributed by atoms with Crippen molar-refractivity contribution in [2.75, 3.05) is 0 Å². The first-order chi connectivity index (χ1) is 11.0. The summed E-state index contributed by atoms with van der Waals surface area (Å²) in [5.74, 6) is -1.24. The molecule has 2 rings (SSSR count). The molecule has 2 aromatic rings. The van der Waals surface area contributed by atoms with Crippen molar-refractivity contribution in [1.29, 1.82) is 0 Å². The van der Waals surface area contributed by atoms with Crippen LogP contribution < -0.4 is 0 Å². The van der Waals surface area contributed by atoms with Gasteiger partial charge in [-0.25, -0.2) is 4.98 Å². The fourth-order valence-corrected chi connectivity index (χ4v) is 1.87. The number of alkyl halides is 6. The van der Waals surface area contributed by atoms with Crippen LogP contribution >= 0.6 is 0 Å². The lowest BCUT2D eigenvalue weighted by Gasteiger charge is -2.13. The molecule has 0 amide bonds. The van der Waals surface area contributed by atoms with Crippen LogP contribution in [0.3, 0.4) is 0 Å². The van der Waals surface area contributed by atoms with E-state index in [1.54, 1.807) is 0 Å². The standard InChI is InChI=1S/C14H9F6NO3/c15-13(16,17)8-3-7(4-9(5-8)14(18,19)20)10-6-24-11(21-10)1-2-12(22)23/h3-6H,1-2H2,(H,22,23). The van der Waals surface area contributed by atoms with Gasteiger partial charge in [-0.05, 0) is 18.2 Å². The molecule has 0 unspecified atom stereocenters. The largest absolute Gasteiger partial charge is 0.481 e. The monoisotopic (exact) mass is 353 g/mol. The number of carboxylic acids is 1. The van der Waals surface area contributed by atoms with E-state index in [2.05, 4.69) is 4.98 Å². The third-order valence-corrected chi connectivity index (χ3v) is 2.99. The lowest BCUT2D eigenvalue weighted by Crippen LogP contribution is -2.11. The topological polar surface area (TPSA) is 63.3 Å². The van der Waals surface area contributed by atoms with Crippen molar-refractivity contribution in [1.82, 2.24) is 4.98 Å². The molecule has 4 nitrogen and oxygen atoms in total. The van der Waals surface area contributed by atoms with Crippen LogP contribution in [0.25, 0.3) is 11.3 Å². The van der Waals surface area contributed by atoms with Crippen molar-refractivity contribution < 1.29 is 40.7 Å². The molecule has 1 aromatic carbocycles. The third kappa shape index (κ3) is 4.27. The van der Waals surface area contributed by atoms with Crippen LogP contribution in [0.5, 0.6) is 0 Å². The maximum Gasteiger partial charge on any atom is 0.416 e. The van der Waals surface area contributed by atoms with Crippen molar-refractivity contribution in [3.8, 4) is 11.3 Å². The first-order valence-electron chi connectivity index (χ1n) is 6.43. The number of hydrogen-bond acceptors (Lipinski definition) is 3. The minimum Gasteiger partial charge on any atom is -0.481 e. The predicted octanol–water partition coefficient (Wildman–Crippen LogP) is 4.40. The molecular formula is C14H9F6NO3. The van der Waals surface area contributed by atoms with E-state index in [1.807, 2.05) is 0 Å². The van der Waals surface area contributed by atoms with E-state index in [1.165, 1.54) is 0 Å². The molecule has 24 heavy (non-hydrogen) atoms. The molecule has 1 aromatic heterocycles. The van der Waals surface area contributed by atoms with Crippen LogP contribution in [0, 0.1) is 0 Å². The molecular weight excluding hydrogens is 344 g/mol. The van der Waals surface area contributed by atoms with Crippen molar-refractivity contribution in [2.24, 2.45) is 0 Å². The number of benzene rings is 1. The second kappa shape index (κ2) is 6.17. The molecule has 0 aliphatic rings. The zero-order chi connectivity index (χ0) is 18.1. The van der Waals surface area contributed by atoms with Gasteiger partial charge in [-0.1, -0.05) is 0 Å². The Kier molecular flexibility index (Phi) is 4.59. The van der Waals surface area contributed by atoms with Gasteiger partial charge in [0.2, 0.25) is 0 Å². The number of nitrogens with zero attached hydrogens (tertiary/aromatic N) is 1. The number of halogens is 6. The number of oxazole rings is 1. The highest BCUT2D eigenvalue weighted by atomic mass is 19.4. The zero-order valence-corrected chi connectivity index (χ0v) is 11.7. The van der Waals surface area contributed by atoms with Gasteiger partial charge in [0.05, 0.1) is 17.5 Å². The van der Waals surface area contributed by atoms with Gasteiger partial charge in [0.25, 0.3) is 0 Å². The Morgan fingerprint density at radius 3 is 2.04 bits per heavy atom. The van der Waals surface area contributed by atoms with Gasteiger partial charge >= 0.3 is 18.3 Å². The Morgan fingerprint density at radius 2 is 1.58 bits per heavy atom. The van der Waals surface area contributed by atoms with E-state index in [-0.39, 0.29) is 30.5 Å². The van der Waals surface area contributed by atoms with Gasteiger partial charge in [0, 0.05) is 12.0 Å². The van der Waals surface area contributed by atoms with Gasteiger partial charge in [0.15, 0.2) is 5.89 Å². The Labute approximate surface area is 130 Å². The van der Waals surface area contributed by atoms with Crippen LogP contribution in [0.15, 0.2) is 28.9 Å². The molecule has 130 valence electrons. The summed E-state index contributed by atoms with van der Waals surface area (Å²) in [7, 11) is 0. The minimum atomic E-state index is -4.97. The molecule has 0 aliphatic heterocycles. The minimum absolute atomic E-state index is 0.00885. The number of aryl methyl sites for hydroxylation is 1. The predicted molar refractivity (Wildman–Crippen MR) is 67.9 cm³/mol. The van der Waals surface area contributed by atoms with Crippen molar-refractivity contribution in [3.05, 3.63) is 41.5 Å². The summed E-state index contributed by atoms with van der Waals surface area (Å²) in [6, 6.07) is 1.05. The quantitative estimate of drug-likeness (QED) is 0.828. The van der Waals surface area contributed by atoms with E-state index < -0.39 is 35.0 Å². The molecule has 10 heteroatoms. The van der Waals surface area contributed by atoms with E-state index in [4.69, 9.17) is 9.52 Å². The van der Waals surface area contributed by atoms with Gasteiger partial charge in [-0.15, -0.1) is 0 Å². The lowest BCUT2D eigenvalue weighted by molar-refractivity contribution is -0.143. The number of aliphatic carboxylic acids is 1. The normalized spacial score (nSPS) is 12.4. The summed E-state index contributed by atoms with van der Waals surface area (Å²) in [4.78, 5) is 14.2. The molecule has 0 aliphatic carbocycles.